The van der Waals surface area contributed by atoms with Gasteiger partial charge in [-0.25, -0.2) is 9.98 Å². The van der Waals surface area contributed by atoms with Gasteiger partial charge in [-0.15, -0.1) is 0 Å². The highest BCUT2D eigenvalue weighted by Gasteiger charge is 1.89. The van der Waals surface area contributed by atoms with E-state index >= 15 is 0 Å². The molecule has 0 aliphatic rings. The molecule has 2 heteroatoms. The van der Waals surface area contributed by atoms with Crippen LogP contribution in [0.15, 0.2) is 34.9 Å². The van der Waals surface area contributed by atoms with E-state index in [0.29, 0.717) is 0 Å². The first-order chi connectivity index (χ1) is 5.60. The predicted molar refractivity (Wildman–Crippen MR) is 55.8 cm³/mol. The van der Waals surface area contributed by atoms with Crippen LogP contribution >= 0.6 is 0 Å². The van der Waals surface area contributed by atoms with Gasteiger partial charge in [-0.2, -0.15) is 0 Å². The van der Waals surface area contributed by atoms with Crippen molar-refractivity contribution in [3.63, 3.8) is 0 Å². The average Bonchev–Trinajstić information content (AvgIpc) is 2.03. The summed E-state index contributed by atoms with van der Waals surface area (Å²) < 4.78 is 0. The summed E-state index contributed by atoms with van der Waals surface area (Å²) in [5.41, 5.74) is 1.73. The van der Waals surface area contributed by atoms with Crippen LogP contribution in [0.25, 0.3) is 0 Å². The minimum Gasteiger partial charge on any atom is -0.239 e. The Kier molecular flexibility index (Phi) is 4.93. The van der Waals surface area contributed by atoms with Gasteiger partial charge in [0, 0.05) is 11.4 Å². The summed E-state index contributed by atoms with van der Waals surface area (Å²) in [5, 5.41) is 0. The van der Waals surface area contributed by atoms with Crippen LogP contribution in [0.5, 0.6) is 0 Å². The van der Waals surface area contributed by atoms with Crippen LogP contribution < -0.4 is 0 Å². The Balaban J connectivity index is 4.39. The molecule has 0 rings (SSSR count). The lowest BCUT2D eigenvalue weighted by Crippen LogP contribution is -1.92. The minimum absolute atomic E-state index is 0.735. The lowest BCUT2D eigenvalue weighted by molar-refractivity contribution is 1.07. The first-order valence-corrected chi connectivity index (χ1v) is 4.01. The largest absolute Gasteiger partial charge is 0.239 e. The van der Waals surface area contributed by atoms with E-state index in [9.17, 15) is 0 Å². The summed E-state index contributed by atoms with van der Waals surface area (Å²) >= 11 is 0. The molecule has 0 aromatic heterocycles. The van der Waals surface area contributed by atoms with Crippen molar-refractivity contribution < 1.29 is 0 Å². The third-order valence-corrected chi connectivity index (χ3v) is 1.36. The van der Waals surface area contributed by atoms with Gasteiger partial charge < -0.3 is 0 Å². The van der Waals surface area contributed by atoms with Crippen LogP contribution in [0.4, 0.5) is 0 Å². The summed E-state index contributed by atoms with van der Waals surface area (Å²) in [6, 6.07) is 0. The molecular formula is C10H16N2. The topological polar surface area (TPSA) is 24.7 Å². The van der Waals surface area contributed by atoms with E-state index in [1.165, 1.54) is 0 Å². The second-order valence-electron chi connectivity index (χ2n) is 2.54. The van der Waals surface area contributed by atoms with Gasteiger partial charge in [0.1, 0.15) is 5.84 Å². The second kappa shape index (κ2) is 5.47. The number of aliphatic imine (C=N–C) groups is 2. The molecule has 0 atom stereocenters. The van der Waals surface area contributed by atoms with Crippen LogP contribution in [-0.4, -0.2) is 11.5 Å². The van der Waals surface area contributed by atoms with Crippen LogP contribution in [0.2, 0.25) is 0 Å². The van der Waals surface area contributed by atoms with E-state index in [-0.39, 0.29) is 0 Å². The van der Waals surface area contributed by atoms with Crippen molar-refractivity contribution in [2.45, 2.75) is 27.2 Å². The quantitative estimate of drug-likeness (QED) is 0.452. The molecule has 0 amide bonds. The molecule has 0 unspecified atom stereocenters. The van der Waals surface area contributed by atoms with E-state index < -0.39 is 0 Å². The lowest BCUT2D eigenvalue weighted by atomic mass is 10.4. The maximum Gasteiger partial charge on any atom is 0.125 e. The molecule has 0 aromatic carbocycles. The van der Waals surface area contributed by atoms with Crippen molar-refractivity contribution in [1.82, 2.24) is 0 Å². The Bertz CT molecular complexity index is 234. The van der Waals surface area contributed by atoms with Crippen molar-refractivity contribution >= 4 is 11.5 Å². The van der Waals surface area contributed by atoms with E-state index in [1.54, 1.807) is 6.08 Å². The average molecular weight is 164 g/mol. The molecule has 0 heterocycles. The van der Waals surface area contributed by atoms with Gasteiger partial charge in [-0.1, -0.05) is 20.1 Å². The van der Waals surface area contributed by atoms with Crippen molar-refractivity contribution in [2.24, 2.45) is 9.98 Å². The third kappa shape index (κ3) is 4.61. The molecule has 66 valence electrons. The first kappa shape index (κ1) is 10.8. The SMILES string of the molecule is C=C/C(C)=N/C(C)=N\C(=C)CC. The number of rotatable bonds is 3. The number of allylic oxidation sites excluding steroid dienone is 2. The van der Waals surface area contributed by atoms with Crippen LogP contribution in [0.3, 0.4) is 0 Å². The Morgan fingerprint density at radius 2 is 1.92 bits per heavy atom. The van der Waals surface area contributed by atoms with E-state index in [2.05, 4.69) is 23.1 Å². The number of hydrogen-bond acceptors (Lipinski definition) is 1. The molecular weight excluding hydrogens is 148 g/mol. The Labute approximate surface area is 74.4 Å². The maximum atomic E-state index is 4.17. The molecule has 0 bridgehead atoms. The molecule has 0 radical (unpaired) electrons. The summed E-state index contributed by atoms with van der Waals surface area (Å²) in [5.74, 6) is 0.735. The molecule has 0 fully saturated rings. The number of amidine groups is 1. The molecule has 0 saturated carbocycles. The fraction of sp³-hybridized carbons (Fsp3) is 0.400. The Morgan fingerprint density at radius 3 is 2.33 bits per heavy atom. The second-order valence-corrected chi connectivity index (χ2v) is 2.54. The first-order valence-electron chi connectivity index (χ1n) is 4.01. The summed E-state index contributed by atoms with van der Waals surface area (Å²) in [6.45, 7) is 13.1. The molecule has 0 aliphatic heterocycles. The van der Waals surface area contributed by atoms with Gasteiger partial charge in [-0.05, 0) is 26.3 Å². The highest BCUT2D eigenvalue weighted by molar-refractivity contribution is 6.01. The highest BCUT2D eigenvalue weighted by Crippen LogP contribution is 1.99. The van der Waals surface area contributed by atoms with Crippen molar-refractivity contribution in [2.75, 3.05) is 0 Å². The molecule has 0 N–H and O–H groups in total. The van der Waals surface area contributed by atoms with Crippen molar-refractivity contribution in [1.29, 1.82) is 0 Å². The summed E-state index contributed by atoms with van der Waals surface area (Å²) in [4.78, 5) is 8.34. The molecule has 0 saturated heterocycles. The number of nitrogens with zero attached hydrogens (tertiary/aromatic N) is 2. The predicted octanol–water partition coefficient (Wildman–Crippen LogP) is 2.98. The van der Waals surface area contributed by atoms with E-state index in [1.807, 2.05) is 20.8 Å². The van der Waals surface area contributed by atoms with E-state index in [0.717, 1.165) is 23.7 Å². The third-order valence-electron chi connectivity index (χ3n) is 1.36. The van der Waals surface area contributed by atoms with Crippen LogP contribution in [0.1, 0.15) is 27.2 Å². The molecule has 0 spiro atoms. The molecule has 0 aliphatic carbocycles. The van der Waals surface area contributed by atoms with Gasteiger partial charge >= 0.3 is 0 Å². The molecule has 0 aromatic rings. The lowest BCUT2D eigenvalue weighted by Gasteiger charge is -1.95. The minimum atomic E-state index is 0.735. The van der Waals surface area contributed by atoms with Crippen LogP contribution in [-0.2, 0) is 0 Å². The van der Waals surface area contributed by atoms with Gasteiger partial charge in [0.25, 0.3) is 0 Å². The normalized spacial score (nSPS) is 12.9. The standard InChI is InChI=1S/C10H16N2/c1-6-8(3)11-10(5)12-9(4)7-2/h6H,1,4,7H2,2-3,5H3/b11-8+,12-10-. The van der Waals surface area contributed by atoms with Crippen LogP contribution in [0, 0.1) is 0 Å². The fourth-order valence-electron chi connectivity index (χ4n) is 0.634. The smallest absolute Gasteiger partial charge is 0.125 e. The van der Waals surface area contributed by atoms with Gasteiger partial charge in [0.05, 0.1) is 0 Å². The Hall–Kier alpha value is -1.18. The zero-order valence-electron chi connectivity index (χ0n) is 8.09. The van der Waals surface area contributed by atoms with Gasteiger partial charge in [-0.3, -0.25) is 0 Å². The molecule has 12 heavy (non-hydrogen) atoms. The zero-order valence-corrected chi connectivity index (χ0v) is 8.09. The zero-order chi connectivity index (χ0) is 9.56. The summed E-state index contributed by atoms with van der Waals surface area (Å²) in [6.07, 6.45) is 2.56. The molecule has 2 nitrogen and oxygen atoms in total. The van der Waals surface area contributed by atoms with E-state index in [4.69, 9.17) is 0 Å². The monoisotopic (exact) mass is 164 g/mol. The fourth-order valence-corrected chi connectivity index (χ4v) is 0.634. The van der Waals surface area contributed by atoms with Gasteiger partial charge in [0.2, 0.25) is 0 Å². The Morgan fingerprint density at radius 1 is 1.33 bits per heavy atom. The van der Waals surface area contributed by atoms with Crippen molar-refractivity contribution in [3.05, 3.63) is 24.9 Å². The highest BCUT2D eigenvalue weighted by atomic mass is 14.9. The summed E-state index contributed by atoms with van der Waals surface area (Å²) in [7, 11) is 0. The van der Waals surface area contributed by atoms with Crippen molar-refractivity contribution in [3.8, 4) is 0 Å². The number of hydrogen-bond donors (Lipinski definition) is 0. The maximum absolute atomic E-state index is 4.17. The van der Waals surface area contributed by atoms with Gasteiger partial charge in [0.15, 0.2) is 0 Å².